The van der Waals surface area contributed by atoms with Crippen LogP contribution in [-0.4, -0.2) is 27.6 Å². The van der Waals surface area contributed by atoms with Gasteiger partial charge in [0.05, 0.1) is 5.25 Å². The molecule has 1 heterocycles. The number of nitrogens with one attached hydrogen (secondary N) is 1. The quantitative estimate of drug-likeness (QED) is 0.737. The number of hydrogen-bond donors (Lipinski definition) is 2. The molecule has 0 aromatic heterocycles. The summed E-state index contributed by atoms with van der Waals surface area (Å²) in [7, 11) is 0. The molecule has 1 aromatic carbocycles. The van der Waals surface area contributed by atoms with Gasteiger partial charge in [-0.05, 0) is 36.8 Å². The largest absolute Gasteiger partial charge is 0.508 e. The number of amidine groups is 1. The van der Waals surface area contributed by atoms with Gasteiger partial charge in [0.25, 0.3) is 5.91 Å². The minimum Gasteiger partial charge on any atom is -0.508 e. The SMILES string of the molecule is C[C@@H]1SC(/N=C/c2ccc(O)cc2)=NNC1=O. The second-order valence-corrected chi connectivity index (χ2v) is 4.79. The van der Waals surface area contributed by atoms with Gasteiger partial charge in [-0.15, -0.1) is 5.10 Å². The van der Waals surface area contributed by atoms with Crippen LogP contribution in [0.1, 0.15) is 12.5 Å². The Balaban J connectivity index is 2.06. The molecule has 2 rings (SSSR count). The summed E-state index contributed by atoms with van der Waals surface area (Å²) in [6, 6.07) is 6.66. The molecule has 1 amide bonds. The van der Waals surface area contributed by atoms with Crippen LogP contribution in [0.4, 0.5) is 0 Å². The van der Waals surface area contributed by atoms with Gasteiger partial charge in [0.15, 0.2) is 0 Å². The smallest absolute Gasteiger partial charge is 0.253 e. The molecule has 0 unspecified atom stereocenters. The molecular formula is C11H11N3O2S. The van der Waals surface area contributed by atoms with Crippen LogP contribution in [-0.2, 0) is 4.79 Å². The van der Waals surface area contributed by atoms with Gasteiger partial charge in [0.2, 0.25) is 5.17 Å². The molecule has 0 aliphatic carbocycles. The van der Waals surface area contributed by atoms with Crippen molar-refractivity contribution in [2.45, 2.75) is 12.2 Å². The van der Waals surface area contributed by atoms with Crippen molar-refractivity contribution in [2.75, 3.05) is 0 Å². The summed E-state index contributed by atoms with van der Waals surface area (Å²) in [6.07, 6.45) is 1.63. The van der Waals surface area contributed by atoms with Crippen molar-refractivity contribution in [3.63, 3.8) is 0 Å². The molecule has 1 aliphatic heterocycles. The van der Waals surface area contributed by atoms with E-state index in [1.807, 2.05) is 0 Å². The monoisotopic (exact) mass is 249 g/mol. The first-order valence-electron chi connectivity index (χ1n) is 5.02. The number of aliphatic imine (C=N–C) groups is 1. The maximum absolute atomic E-state index is 11.1. The highest BCUT2D eigenvalue weighted by Gasteiger charge is 2.20. The van der Waals surface area contributed by atoms with E-state index in [9.17, 15) is 4.79 Å². The molecule has 0 saturated carbocycles. The van der Waals surface area contributed by atoms with E-state index < -0.39 is 0 Å². The van der Waals surface area contributed by atoms with Crippen molar-refractivity contribution < 1.29 is 9.90 Å². The fraction of sp³-hybridized carbons (Fsp3) is 0.182. The Morgan fingerprint density at radius 1 is 1.47 bits per heavy atom. The van der Waals surface area contributed by atoms with Gasteiger partial charge in [-0.3, -0.25) is 4.79 Å². The average molecular weight is 249 g/mol. The number of hydrogen-bond acceptors (Lipinski definition) is 5. The number of carbonyl (C=O) groups excluding carboxylic acids is 1. The van der Waals surface area contributed by atoms with Crippen molar-refractivity contribution in [1.29, 1.82) is 0 Å². The Labute approximate surface area is 103 Å². The Morgan fingerprint density at radius 2 is 2.18 bits per heavy atom. The van der Waals surface area contributed by atoms with Gasteiger partial charge in [-0.1, -0.05) is 11.8 Å². The fourth-order valence-corrected chi connectivity index (χ4v) is 1.87. The van der Waals surface area contributed by atoms with E-state index in [0.29, 0.717) is 5.17 Å². The van der Waals surface area contributed by atoms with E-state index >= 15 is 0 Å². The van der Waals surface area contributed by atoms with Crippen LogP contribution in [0.15, 0.2) is 34.4 Å². The zero-order valence-corrected chi connectivity index (χ0v) is 9.94. The molecule has 2 N–H and O–H groups in total. The average Bonchev–Trinajstić information content (AvgIpc) is 2.33. The first-order chi connectivity index (χ1) is 8.15. The third-order valence-corrected chi connectivity index (χ3v) is 3.11. The summed E-state index contributed by atoms with van der Waals surface area (Å²) in [6.45, 7) is 1.80. The van der Waals surface area contributed by atoms with Crippen molar-refractivity contribution in [1.82, 2.24) is 5.43 Å². The van der Waals surface area contributed by atoms with Gasteiger partial charge in [-0.2, -0.15) is 0 Å². The number of hydrazone groups is 1. The highest BCUT2D eigenvalue weighted by molar-refractivity contribution is 8.15. The number of rotatable bonds is 1. The van der Waals surface area contributed by atoms with Crippen molar-refractivity contribution in [3.05, 3.63) is 29.8 Å². The predicted molar refractivity (Wildman–Crippen MR) is 68.3 cm³/mol. The lowest BCUT2D eigenvalue weighted by Crippen LogP contribution is -2.32. The summed E-state index contributed by atoms with van der Waals surface area (Å²) in [5, 5.41) is 13.3. The lowest BCUT2D eigenvalue weighted by molar-refractivity contribution is -0.120. The molecule has 1 aliphatic rings. The van der Waals surface area contributed by atoms with E-state index in [0.717, 1.165) is 5.56 Å². The van der Waals surface area contributed by atoms with Crippen LogP contribution in [0.2, 0.25) is 0 Å². The van der Waals surface area contributed by atoms with Crippen LogP contribution < -0.4 is 5.43 Å². The number of aromatic hydroxyl groups is 1. The molecule has 0 spiro atoms. The highest BCUT2D eigenvalue weighted by atomic mass is 32.2. The third-order valence-electron chi connectivity index (χ3n) is 2.13. The van der Waals surface area contributed by atoms with Crippen molar-refractivity contribution in [3.8, 4) is 5.75 Å². The van der Waals surface area contributed by atoms with Crippen LogP contribution in [0.25, 0.3) is 0 Å². The molecule has 0 bridgehead atoms. The molecule has 88 valence electrons. The lowest BCUT2D eigenvalue weighted by Gasteiger charge is -2.13. The zero-order valence-electron chi connectivity index (χ0n) is 9.12. The number of benzene rings is 1. The first-order valence-corrected chi connectivity index (χ1v) is 5.90. The Bertz CT molecular complexity index is 482. The van der Waals surface area contributed by atoms with E-state index in [-0.39, 0.29) is 16.9 Å². The number of phenolic OH excluding ortho intramolecular Hbond substituents is 1. The Hall–Kier alpha value is -1.82. The summed E-state index contributed by atoms with van der Waals surface area (Å²) < 4.78 is 0. The minimum absolute atomic E-state index is 0.112. The first kappa shape index (κ1) is 11.7. The second kappa shape index (κ2) is 5.01. The molecule has 17 heavy (non-hydrogen) atoms. The van der Waals surface area contributed by atoms with E-state index in [1.165, 1.54) is 11.8 Å². The minimum atomic E-state index is -0.181. The third kappa shape index (κ3) is 3.07. The highest BCUT2D eigenvalue weighted by Crippen LogP contribution is 2.17. The normalized spacial score (nSPS) is 20.2. The second-order valence-electron chi connectivity index (χ2n) is 3.48. The maximum Gasteiger partial charge on any atom is 0.253 e. The topological polar surface area (TPSA) is 74.1 Å². The Kier molecular flexibility index (Phi) is 3.43. The molecule has 1 aromatic rings. The summed E-state index contributed by atoms with van der Waals surface area (Å²) in [4.78, 5) is 15.3. The van der Waals surface area contributed by atoms with Gasteiger partial charge in [0.1, 0.15) is 5.75 Å². The van der Waals surface area contributed by atoms with Gasteiger partial charge in [-0.25, -0.2) is 10.4 Å². The summed E-state index contributed by atoms with van der Waals surface area (Å²) in [5.41, 5.74) is 3.26. The number of carbonyl (C=O) groups is 1. The number of amides is 1. The van der Waals surface area contributed by atoms with Gasteiger partial charge >= 0.3 is 0 Å². The number of nitrogens with zero attached hydrogens (tertiary/aromatic N) is 2. The molecule has 6 heteroatoms. The van der Waals surface area contributed by atoms with Gasteiger partial charge < -0.3 is 5.11 Å². The number of thioether (sulfide) groups is 1. The standard InChI is InChI=1S/C11H11N3O2S/c1-7-10(16)13-14-11(17-7)12-6-8-2-4-9(15)5-3-8/h2-7,15H,1H3,(H,13,16)/b12-6+/t7-/m0/s1. The van der Waals surface area contributed by atoms with Gasteiger partial charge in [0, 0.05) is 6.21 Å². The molecule has 0 radical (unpaired) electrons. The lowest BCUT2D eigenvalue weighted by atomic mass is 10.2. The van der Waals surface area contributed by atoms with Crippen LogP contribution in [0, 0.1) is 0 Å². The summed E-state index contributed by atoms with van der Waals surface area (Å²) >= 11 is 1.31. The van der Waals surface area contributed by atoms with Crippen LogP contribution >= 0.6 is 11.8 Å². The molecule has 0 saturated heterocycles. The molecule has 1 atom stereocenters. The molecular weight excluding hydrogens is 238 g/mol. The van der Waals surface area contributed by atoms with E-state index in [1.54, 1.807) is 37.4 Å². The summed E-state index contributed by atoms with van der Waals surface area (Å²) in [5.74, 6) is 0.103. The molecule has 5 nitrogen and oxygen atoms in total. The van der Waals surface area contributed by atoms with E-state index in [2.05, 4.69) is 15.5 Å². The maximum atomic E-state index is 11.1. The predicted octanol–water partition coefficient (Wildman–Crippen LogP) is 1.33. The van der Waals surface area contributed by atoms with Crippen LogP contribution in [0.3, 0.4) is 0 Å². The van der Waals surface area contributed by atoms with E-state index in [4.69, 9.17) is 5.11 Å². The number of phenols is 1. The Morgan fingerprint density at radius 3 is 2.82 bits per heavy atom. The zero-order chi connectivity index (χ0) is 12.3. The fourth-order valence-electron chi connectivity index (χ4n) is 1.18. The molecule has 0 fully saturated rings. The van der Waals surface area contributed by atoms with Crippen molar-refractivity contribution >= 4 is 29.1 Å². The van der Waals surface area contributed by atoms with Crippen LogP contribution in [0.5, 0.6) is 5.75 Å². The van der Waals surface area contributed by atoms with Crippen molar-refractivity contribution in [2.24, 2.45) is 10.1 Å².